The van der Waals surface area contributed by atoms with Gasteiger partial charge in [0.15, 0.2) is 0 Å². The van der Waals surface area contributed by atoms with E-state index in [1.54, 1.807) is 0 Å². The van der Waals surface area contributed by atoms with Crippen LogP contribution < -0.4 is 5.73 Å². The van der Waals surface area contributed by atoms with E-state index >= 15 is 0 Å². The summed E-state index contributed by atoms with van der Waals surface area (Å²) in [7, 11) is 0. The predicted octanol–water partition coefficient (Wildman–Crippen LogP) is 7.50. The number of nitrogens with two attached hydrogens (primary N) is 1. The first-order chi connectivity index (χ1) is 14.3. The van der Waals surface area contributed by atoms with E-state index in [4.69, 9.17) is 5.73 Å². The molecule has 2 N–H and O–H groups in total. The van der Waals surface area contributed by atoms with Crippen LogP contribution in [-0.4, -0.2) is 0 Å². The molecule has 29 heavy (non-hydrogen) atoms. The lowest BCUT2D eigenvalue weighted by Crippen LogP contribution is -1.90. The van der Waals surface area contributed by atoms with Gasteiger partial charge in [-0.25, -0.2) is 0 Å². The molecule has 0 aliphatic carbocycles. The summed E-state index contributed by atoms with van der Waals surface area (Å²) >= 11 is 0. The first kappa shape index (κ1) is 16.1. The molecule has 0 unspecified atom stereocenters. The minimum Gasteiger partial charge on any atom is -0.399 e. The van der Waals surface area contributed by atoms with E-state index in [1.165, 1.54) is 54.6 Å². The molecule has 0 aliphatic rings. The van der Waals surface area contributed by atoms with E-state index in [2.05, 4.69) is 91.0 Å². The molecular formula is C28H19N. The Bertz CT molecular complexity index is 1480. The topological polar surface area (TPSA) is 26.0 Å². The lowest BCUT2D eigenvalue weighted by molar-refractivity contribution is 1.65. The normalized spacial score (nSPS) is 11.6. The molecule has 0 bridgehead atoms. The van der Waals surface area contributed by atoms with Gasteiger partial charge in [-0.3, -0.25) is 0 Å². The quantitative estimate of drug-likeness (QED) is 0.248. The van der Waals surface area contributed by atoms with Gasteiger partial charge < -0.3 is 5.73 Å². The van der Waals surface area contributed by atoms with Crippen LogP contribution in [0, 0.1) is 0 Å². The average molecular weight is 369 g/mol. The molecule has 6 rings (SSSR count). The first-order valence-electron chi connectivity index (χ1n) is 9.91. The fraction of sp³-hybridized carbons (Fsp3) is 0. The zero-order valence-electron chi connectivity index (χ0n) is 15.9. The minimum atomic E-state index is 0.791. The Kier molecular flexibility index (Phi) is 3.39. The van der Waals surface area contributed by atoms with Gasteiger partial charge in [0.2, 0.25) is 0 Å². The second kappa shape index (κ2) is 6.08. The molecule has 0 aromatic heterocycles. The van der Waals surface area contributed by atoms with E-state index in [-0.39, 0.29) is 0 Å². The van der Waals surface area contributed by atoms with E-state index in [0.717, 1.165) is 5.69 Å². The molecule has 0 aliphatic heterocycles. The van der Waals surface area contributed by atoms with Crippen LogP contribution in [0.5, 0.6) is 0 Å². The summed E-state index contributed by atoms with van der Waals surface area (Å²) in [5, 5.41) is 7.84. The van der Waals surface area contributed by atoms with Crippen molar-refractivity contribution in [3.05, 3.63) is 103 Å². The molecule has 0 radical (unpaired) electrons. The van der Waals surface area contributed by atoms with Crippen LogP contribution >= 0.6 is 0 Å². The fourth-order valence-corrected chi connectivity index (χ4v) is 4.58. The minimum absolute atomic E-state index is 0.791. The summed E-state index contributed by atoms with van der Waals surface area (Å²) in [4.78, 5) is 0. The highest BCUT2D eigenvalue weighted by atomic mass is 14.5. The van der Waals surface area contributed by atoms with Gasteiger partial charge in [0, 0.05) is 5.69 Å². The van der Waals surface area contributed by atoms with Crippen molar-refractivity contribution >= 4 is 38.0 Å². The largest absolute Gasteiger partial charge is 0.399 e. The molecule has 0 heterocycles. The second-order valence-electron chi connectivity index (χ2n) is 7.64. The SMILES string of the molecule is Nc1ccc(-c2ccc3ccc4c(-c5ccccc5)ccc5ccc2c3c54)cc1. The van der Waals surface area contributed by atoms with Crippen LogP contribution in [0.4, 0.5) is 5.69 Å². The van der Waals surface area contributed by atoms with Crippen molar-refractivity contribution < 1.29 is 0 Å². The highest BCUT2D eigenvalue weighted by Gasteiger charge is 2.14. The molecule has 6 aromatic rings. The molecule has 0 amide bonds. The molecular weight excluding hydrogens is 350 g/mol. The highest BCUT2D eigenvalue weighted by Crippen LogP contribution is 2.42. The highest BCUT2D eigenvalue weighted by molar-refractivity contribution is 6.27. The number of nitrogen functional groups attached to an aromatic ring is 1. The molecule has 6 aromatic carbocycles. The zero-order chi connectivity index (χ0) is 19.4. The second-order valence-corrected chi connectivity index (χ2v) is 7.64. The van der Waals surface area contributed by atoms with Crippen LogP contribution in [0.3, 0.4) is 0 Å². The van der Waals surface area contributed by atoms with Crippen LogP contribution in [-0.2, 0) is 0 Å². The Labute approximate surface area is 169 Å². The number of hydrogen-bond acceptors (Lipinski definition) is 1. The third-order valence-electron chi connectivity index (χ3n) is 5.97. The molecule has 0 atom stereocenters. The molecule has 136 valence electrons. The number of rotatable bonds is 2. The van der Waals surface area contributed by atoms with Crippen LogP contribution in [0.15, 0.2) is 103 Å². The van der Waals surface area contributed by atoms with E-state index in [1.807, 2.05) is 12.1 Å². The summed E-state index contributed by atoms with van der Waals surface area (Å²) in [5.41, 5.74) is 11.7. The van der Waals surface area contributed by atoms with Gasteiger partial charge in [0.25, 0.3) is 0 Å². The summed E-state index contributed by atoms with van der Waals surface area (Å²) in [6, 6.07) is 36.8. The van der Waals surface area contributed by atoms with Crippen LogP contribution in [0.1, 0.15) is 0 Å². The van der Waals surface area contributed by atoms with Gasteiger partial charge >= 0.3 is 0 Å². The van der Waals surface area contributed by atoms with Crippen molar-refractivity contribution in [2.75, 3.05) is 5.73 Å². The van der Waals surface area contributed by atoms with Gasteiger partial charge in [-0.1, -0.05) is 91.0 Å². The number of anilines is 1. The molecule has 1 nitrogen and oxygen atoms in total. The predicted molar refractivity (Wildman–Crippen MR) is 125 cm³/mol. The number of benzene rings is 6. The molecule has 0 spiro atoms. The Hall–Kier alpha value is -3.84. The van der Waals surface area contributed by atoms with Gasteiger partial charge in [-0.2, -0.15) is 0 Å². The van der Waals surface area contributed by atoms with Gasteiger partial charge in [0.05, 0.1) is 0 Å². The average Bonchev–Trinajstić information content (AvgIpc) is 2.78. The van der Waals surface area contributed by atoms with E-state index in [0.29, 0.717) is 0 Å². The van der Waals surface area contributed by atoms with Crippen molar-refractivity contribution in [3.8, 4) is 22.3 Å². The first-order valence-corrected chi connectivity index (χ1v) is 9.91. The number of hydrogen-bond donors (Lipinski definition) is 1. The van der Waals surface area contributed by atoms with Crippen LogP contribution in [0.2, 0.25) is 0 Å². The maximum Gasteiger partial charge on any atom is 0.0314 e. The van der Waals surface area contributed by atoms with Gasteiger partial charge in [-0.05, 0) is 66.7 Å². The Morgan fingerprint density at radius 1 is 0.414 bits per heavy atom. The lowest BCUT2D eigenvalue weighted by Gasteiger charge is -2.16. The Balaban J connectivity index is 1.73. The third-order valence-corrected chi connectivity index (χ3v) is 5.97. The smallest absolute Gasteiger partial charge is 0.0314 e. The zero-order valence-corrected chi connectivity index (χ0v) is 15.9. The Morgan fingerprint density at radius 2 is 0.897 bits per heavy atom. The summed E-state index contributed by atoms with van der Waals surface area (Å²) in [6.45, 7) is 0. The maximum absolute atomic E-state index is 5.91. The Morgan fingerprint density at radius 3 is 1.45 bits per heavy atom. The molecule has 1 heteroatoms. The van der Waals surface area contributed by atoms with Crippen molar-refractivity contribution in [3.63, 3.8) is 0 Å². The fourth-order valence-electron chi connectivity index (χ4n) is 4.58. The standard InChI is InChI=1S/C28H19N/c29-22-12-6-19(7-13-22)24-15-9-21-10-16-25-23(18-4-2-1-3-5-18)14-8-20-11-17-26(24)28(21)27(20)25/h1-17H,29H2. The molecule has 0 saturated heterocycles. The van der Waals surface area contributed by atoms with Crippen molar-refractivity contribution in [1.29, 1.82) is 0 Å². The van der Waals surface area contributed by atoms with E-state index in [9.17, 15) is 0 Å². The van der Waals surface area contributed by atoms with Crippen molar-refractivity contribution in [1.82, 2.24) is 0 Å². The summed E-state index contributed by atoms with van der Waals surface area (Å²) < 4.78 is 0. The van der Waals surface area contributed by atoms with Gasteiger partial charge in [0.1, 0.15) is 0 Å². The summed E-state index contributed by atoms with van der Waals surface area (Å²) in [5.74, 6) is 0. The maximum atomic E-state index is 5.91. The van der Waals surface area contributed by atoms with Crippen molar-refractivity contribution in [2.24, 2.45) is 0 Å². The third kappa shape index (κ3) is 2.41. The monoisotopic (exact) mass is 369 g/mol. The van der Waals surface area contributed by atoms with Crippen LogP contribution in [0.25, 0.3) is 54.6 Å². The molecule has 0 saturated carbocycles. The van der Waals surface area contributed by atoms with E-state index < -0.39 is 0 Å². The van der Waals surface area contributed by atoms with Crippen molar-refractivity contribution in [2.45, 2.75) is 0 Å². The summed E-state index contributed by atoms with van der Waals surface area (Å²) in [6.07, 6.45) is 0. The van der Waals surface area contributed by atoms with Gasteiger partial charge in [-0.15, -0.1) is 0 Å². The lowest BCUT2D eigenvalue weighted by atomic mass is 9.87. The molecule has 0 fully saturated rings.